The molecule has 0 amide bonds. The van der Waals surface area contributed by atoms with E-state index in [1.54, 1.807) is 24.3 Å². The average molecular weight is 445 g/mol. The lowest BCUT2D eigenvalue weighted by Crippen LogP contribution is -2.24. The normalized spacial score (nSPS) is 10.5. The molecule has 2 aromatic carbocycles. The highest BCUT2D eigenvalue weighted by Gasteiger charge is 2.29. The summed E-state index contributed by atoms with van der Waals surface area (Å²) in [7, 11) is 0. The topological polar surface area (TPSA) is 74.6 Å². The Kier molecular flexibility index (Phi) is 9.31. The molecule has 2 rings (SSSR count). The summed E-state index contributed by atoms with van der Waals surface area (Å²) >= 11 is 0. The van der Waals surface area contributed by atoms with Crippen molar-refractivity contribution in [1.29, 1.82) is 0 Å². The Balaban J connectivity index is 2.58. The van der Waals surface area contributed by atoms with Crippen LogP contribution in [0.1, 0.15) is 96.3 Å². The summed E-state index contributed by atoms with van der Waals surface area (Å²) in [5.74, 6) is 10.5. The predicted molar refractivity (Wildman–Crippen MR) is 132 cm³/mol. The standard InChI is InChI=1S/C29H32O4/c1-5-7-9-11-13-21-19-23(27(30)31)15-17-25(21)29(3,4)26-18-16-24(28(32)33)20-22(26)14-12-10-8-6-2/h15-20H,5-6,11-14H2,1-4H3,(H,30,31)(H,32,33). The van der Waals surface area contributed by atoms with Crippen LogP contribution in [-0.2, 0) is 18.3 Å². The Morgan fingerprint density at radius 1 is 0.727 bits per heavy atom. The average Bonchev–Trinajstić information content (AvgIpc) is 2.79. The minimum atomic E-state index is -0.957. The van der Waals surface area contributed by atoms with Crippen LogP contribution >= 0.6 is 0 Å². The van der Waals surface area contributed by atoms with E-state index in [1.807, 2.05) is 26.0 Å². The van der Waals surface area contributed by atoms with Gasteiger partial charge in [0.15, 0.2) is 0 Å². The number of carbonyl (C=O) groups is 2. The van der Waals surface area contributed by atoms with Gasteiger partial charge in [-0.15, -0.1) is 23.7 Å². The molecule has 172 valence electrons. The van der Waals surface area contributed by atoms with Gasteiger partial charge in [-0.1, -0.05) is 39.8 Å². The molecule has 2 N–H and O–H groups in total. The van der Waals surface area contributed by atoms with Crippen molar-refractivity contribution in [3.05, 3.63) is 69.8 Å². The highest BCUT2D eigenvalue weighted by Crippen LogP contribution is 2.37. The molecular formula is C29H32O4. The van der Waals surface area contributed by atoms with Crippen LogP contribution in [0.2, 0.25) is 0 Å². The highest BCUT2D eigenvalue weighted by atomic mass is 16.4. The third kappa shape index (κ3) is 6.74. The van der Waals surface area contributed by atoms with E-state index in [4.69, 9.17) is 0 Å². The summed E-state index contributed by atoms with van der Waals surface area (Å²) < 4.78 is 0. The second kappa shape index (κ2) is 11.9. The molecular weight excluding hydrogens is 412 g/mol. The van der Waals surface area contributed by atoms with E-state index in [-0.39, 0.29) is 11.1 Å². The molecule has 0 aliphatic carbocycles. The van der Waals surface area contributed by atoms with E-state index in [0.29, 0.717) is 25.7 Å². The van der Waals surface area contributed by atoms with E-state index < -0.39 is 17.4 Å². The zero-order valence-electron chi connectivity index (χ0n) is 19.9. The molecule has 0 saturated carbocycles. The number of aryl methyl sites for hydroxylation is 2. The monoisotopic (exact) mass is 444 g/mol. The summed E-state index contributed by atoms with van der Waals surface area (Å²) in [6.07, 6.45) is 4.17. The van der Waals surface area contributed by atoms with Crippen molar-refractivity contribution in [3.63, 3.8) is 0 Å². The maximum atomic E-state index is 11.6. The van der Waals surface area contributed by atoms with Crippen LogP contribution in [0, 0.1) is 23.7 Å². The Labute approximate surface area is 197 Å². The van der Waals surface area contributed by atoms with Gasteiger partial charge in [0.05, 0.1) is 11.1 Å². The maximum absolute atomic E-state index is 11.6. The number of aromatic carboxylic acids is 2. The van der Waals surface area contributed by atoms with Gasteiger partial charge >= 0.3 is 11.9 Å². The molecule has 4 heteroatoms. The van der Waals surface area contributed by atoms with Crippen molar-refractivity contribution in [1.82, 2.24) is 0 Å². The molecule has 0 aliphatic rings. The van der Waals surface area contributed by atoms with Crippen LogP contribution in [0.15, 0.2) is 36.4 Å². The Hall–Kier alpha value is -3.50. The fourth-order valence-corrected chi connectivity index (χ4v) is 4.05. The van der Waals surface area contributed by atoms with Crippen molar-refractivity contribution in [2.45, 2.75) is 71.6 Å². The third-order valence-electron chi connectivity index (χ3n) is 5.69. The van der Waals surface area contributed by atoms with E-state index in [0.717, 1.165) is 35.1 Å². The van der Waals surface area contributed by atoms with Crippen LogP contribution in [0.25, 0.3) is 0 Å². The van der Waals surface area contributed by atoms with Gasteiger partial charge in [-0.25, -0.2) is 9.59 Å². The van der Waals surface area contributed by atoms with Crippen LogP contribution in [0.3, 0.4) is 0 Å². The first kappa shape index (κ1) is 25.8. The largest absolute Gasteiger partial charge is 0.478 e. The summed E-state index contributed by atoms with van der Waals surface area (Å²) in [5, 5.41) is 19.0. The van der Waals surface area contributed by atoms with Crippen LogP contribution in [0.4, 0.5) is 0 Å². The van der Waals surface area contributed by atoms with Crippen molar-refractivity contribution < 1.29 is 19.8 Å². The predicted octanol–water partition coefficient (Wildman–Crippen LogP) is 6.10. The van der Waals surface area contributed by atoms with Crippen molar-refractivity contribution in [3.8, 4) is 23.7 Å². The smallest absolute Gasteiger partial charge is 0.335 e. The number of hydrogen-bond acceptors (Lipinski definition) is 2. The summed E-state index contributed by atoms with van der Waals surface area (Å²) in [5.41, 5.74) is 3.99. The lowest BCUT2D eigenvalue weighted by molar-refractivity contribution is 0.0686. The van der Waals surface area contributed by atoms with Crippen LogP contribution < -0.4 is 0 Å². The maximum Gasteiger partial charge on any atom is 0.335 e. The number of carboxylic acid groups (broad SMARTS) is 2. The first-order valence-electron chi connectivity index (χ1n) is 11.4. The van der Waals surface area contributed by atoms with Crippen LogP contribution in [-0.4, -0.2) is 22.2 Å². The van der Waals surface area contributed by atoms with Gasteiger partial charge in [-0.05, 0) is 59.4 Å². The molecule has 0 aromatic heterocycles. The second-order valence-corrected chi connectivity index (χ2v) is 8.39. The molecule has 0 saturated heterocycles. The zero-order valence-corrected chi connectivity index (χ0v) is 19.9. The van der Waals surface area contributed by atoms with Gasteiger partial charge in [0.2, 0.25) is 0 Å². The molecule has 33 heavy (non-hydrogen) atoms. The van der Waals surface area contributed by atoms with E-state index in [9.17, 15) is 19.8 Å². The molecule has 0 heterocycles. The van der Waals surface area contributed by atoms with Crippen LogP contribution in [0.5, 0.6) is 0 Å². The van der Waals surface area contributed by atoms with Gasteiger partial charge in [-0.3, -0.25) is 0 Å². The van der Waals surface area contributed by atoms with Gasteiger partial charge < -0.3 is 10.2 Å². The lowest BCUT2D eigenvalue weighted by atomic mass is 9.72. The molecule has 0 spiro atoms. The second-order valence-electron chi connectivity index (χ2n) is 8.39. The number of hydrogen-bond donors (Lipinski definition) is 2. The van der Waals surface area contributed by atoms with E-state index in [1.165, 1.54) is 0 Å². The minimum absolute atomic E-state index is 0.254. The molecule has 0 unspecified atom stereocenters. The van der Waals surface area contributed by atoms with E-state index >= 15 is 0 Å². The molecule has 0 bridgehead atoms. The summed E-state index contributed by atoms with van der Waals surface area (Å²) in [6, 6.07) is 10.5. The molecule has 2 aromatic rings. The molecule has 0 fully saturated rings. The SMILES string of the molecule is CCC#CCCc1cc(C(=O)O)ccc1C(C)(C)c1ccc(C(=O)O)cc1CCC#CCC. The Morgan fingerprint density at radius 3 is 1.45 bits per heavy atom. The van der Waals surface area contributed by atoms with Gasteiger partial charge in [0, 0.05) is 31.1 Å². The number of rotatable bonds is 8. The zero-order chi connectivity index (χ0) is 24.4. The molecule has 0 aliphatic heterocycles. The summed E-state index contributed by atoms with van der Waals surface area (Å²) in [6.45, 7) is 8.20. The molecule has 0 atom stereocenters. The first-order valence-corrected chi connectivity index (χ1v) is 11.4. The van der Waals surface area contributed by atoms with E-state index in [2.05, 4.69) is 37.5 Å². The minimum Gasteiger partial charge on any atom is -0.478 e. The van der Waals surface area contributed by atoms with Crippen molar-refractivity contribution in [2.24, 2.45) is 0 Å². The Bertz CT molecular complexity index is 1040. The van der Waals surface area contributed by atoms with Crippen molar-refractivity contribution >= 4 is 11.9 Å². The quantitative estimate of drug-likeness (QED) is 0.482. The number of carboxylic acids is 2. The fraction of sp³-hybridized carbons (Fsp3) is 0.379. The fourth-order valence-electron chi connectivity index (χ4n) is 4.05. The number of benzene rings is 2. The van der Waals surface area contributed by atoms with Gasteiger partial charge in [0.1, 0.15) is 0 Å². The summed E-state index contributed by atoms with van der Waals surface area (Å²) in [4.78, 5) is 23.2. The highest BCUT2D eigenvalue weighted by molar-refractivity contribution is 5.88. The van der Waals surface area contributed by atoms with Gasteiger partial charge in [0.25, 0.3) is 0 Å². The Morgan fingerprint density at radius 2 is 1.12 bits per heavy atom. The van der Waals surface area contributed by atoms with Gasteiger partial charge in [-0.2, -0.15) is 0 Å². The van der Waals surface area contributed by atoms with Crippen molar-refractivity contribution in [2.75, 3.05) is 0 Å². The molecule has 4 nitrogen and oxygen atoms in total. The molecule has 0 radical (unpaired) electrons. The third-order valence-corrected chi connectivity index (χ3v) is 5.69. The first-order chi connectivity index (χ1) is 15.7. The lowest BCUT2D eigenvalue weighted by Gasteiger charge is -2.31.